The van der Waals surface area contributed by atoms with Gasteiger partial charge in [-0.25, -0.2) is 4.79 Å². The fourth-order valence-electron chi connectivity index (χ4n) is 2.12. The maximum atomic E-state index is 12.5. The Morgan fingerprint density at radius 3 is 2.38 bits per heavy atom. The smallest absolute Gasteiger partial charge is 0.331 e. The molecule has 0 fully saturated rings. The van der Waals surface area contributed by atoms with Gasteiger partial charge in [0.2, 0.25) is 5.91 Å². The van der Waals surface area contributed by atoms with Crippen LogP contribution in [0.25, 0.3) is 0 Å². The van der Waals surface area contributed by atoms with Crippen LogP contribution in [-0.2, 0) is 25.5 Å². The van der Waals surface area contributed by atoms with E-state index in [-0.39, 0.29) is 5.12 Å². The third kappa shape index (κ3) is 6.72. The number of thioether (sulfide) groups is 1. The van der Waals surface area contributed by atoms with E-state index in [1.807, 2.05) is 30.3 Å². The number of benzene rings is 1. The first-order valence-electron chi connectivity index (χ1n) is 7.58. The van der Waals surface area contributed by atoms with Crippen LogP contribution < -0.4 is 5.32 Å². The Bertz CT molecular complexity index is 561. The van der Waals surface area contributed by atoms with Crippen molar-refractivity contribution in [3.8, 4) is 0 Å². The molecular weight excluding hydrogens is 330 g/mol. The zero-order valence-electron chi connectivity index (χ0n) is 14.0. The molecule has 0 bridgehead atoms. The lowest BCUT2D eigenvalue weighted by molar-refractivity contribution is -0.148. The highest BCUT2D eigenvalue weighted by Gasteiger charge is 2.29. The van der Waals surface area contributed by atoms with Gasteiger partial charge in [0.15, 0.2) is 11.2 Å². The van der Waals surface area contributed by atoms with Crippen LogP contribution in [-0.4, -0.2) is 47.1 Å². The molecule has 0 aliphatic heterocycles. The second-order valence-corrected chi connectivity index (χ2v) is 6.64. The topological polar surface area (TPSA) is 92.7 Å². The summed E-state index contributed by atoms with van der Waals surface area (Å²) in [6.45, 7) is 2.84. The lowest BCUT2D eigenvalue weighted by Gasteiger charge is -2.22. The van der Waals surface area contributed by atoms with Crippen LogP contribution >= 0.6 is 11.8 Å². The molecule has 1 aromatic carbocycles. The summed E-state index contributed by atoms with van der Waals surface area (Å²) in [6.07, 6.45) is -0.653. The van der Waals surface area contributed by atoms with Crippen LogP contribution in [0, 0.1) is 5.92 Å². The molecular formula is C17H23NO5S. The van der Waals surface area contributed by atoms with Crippen molar-refractivity contribution in [2.45, 2.75) is 32.4 Å². The SMILES string of the molecule is COC(=O)[C@@H](NC(=O)C(CSC(C)=O)Cc1ccccc1)[C@@H](C)O. The fourth-order valence-corrected chi connectivity index (χ4v) is 2.82. The summed E-state index contributed by atoms with van der Waals surface area (Å²) >= 11 is 1.06. The number of nitrogens with one attached hydrogen (secondary N) is 1. The zero-order chi connectivity index (χ0) is 18.1. The molecule has 0 aromatic heterocycles. The van der Waals surface area contributed by atoms with Crippen LogP contribution in [0.5, 0.6) is 0 Å². The Morgan fingerprint density at radius 1 is 1.25 bits per heavy atom. The highest BCUT2D eigenvalue weighted by atomic mass is 32.2. The number of aliphatic hydroxyl groups excluding tert-OH is 1. The van der Waals surface area contributed by atoms with Crippen LogP contribution in [0.2, 0.25) is 0 Å². The second kappa shape index (κ2) is 10.1. The number of amides is 1. The van der Waals surface area contributed by atoms with Gasteiger partial charge in [-0.3, -0.25) is 9.59 Å². The molecule has 132 valence electrons. The highest BCUT2D eigenvalue weighted by Crippen LogP contribution is 2.16. The van der Waals surface area contributed by atoms with Crippen molar-refractivity contribution < 1.29 is 24.2 Å². The number of carbonyl (C=O) groups excluding carboxylic acids is 3. The molecule has 3 atom stereocenters. The van der Waals surface area contributed by atoms with E-state index in [4.69, 9.17) is 0 Å². The van der Waals surface area contributed by atoms with Crippen molar-refractivity contribution in [3.05, 3.63) is 35.9 Å². The number of methoxy groups -OCH3 is 1. The molecule has 0 spiro atoms. The van der Waals surface area contributed by atoms with Crippen molar-refractivity contribution in [1.82, 2.24) is 5.32 Å². The number of ether oxygens (including phenoxy) is 1. The minimum absolute atomic E-state index is 0.0825. The van der Waals surface area contributed by atoms with E-state index < -0.39 is 29.9 Å². The largest absolute Gasteiger partial charge is 0.467 e. The lowest BCUT2D eigenvalue weighted by atomic mass is 9.99. The van der Waals surface area contributed by atoms with Gasteiger partial charge in [-0.1, -0.05) is 42.1 Å². The van der Waals surface area contributed by atoms with Gasteiger partial charge in [-0.2, -0.15) is 0 Å². The normalized spacial score (nSPS) is 14.3. The zero-order valence-corrected chi connectivity index (χ0v) is 14.8. The van der Waals surface area contributed by atoms with E-state index >= 15 is 0 Å². The molecule has 1 amide bonds. The first-order valence-corrected chi connectivity index (χ1v) is 8.57. The van der Waals surface area contributed by atoms with Gasteiger partial charge in [0.05, 0.1) is 19.1 Å². The number of rotatable bonds is 8. The maximum absolute atomic E-state index is 12.5. The Kier molecular flexibility index (Phi) is 8.49. The Labute approximate surface area is 146 Å². The third-order valence-electron chi connectivity index (χ3n) is 3.42. The van der Waals surface area contributed by atoms with Gasteiger partial charge in [-0.05, 0) is 18.9 Å². The average molecular weight is 353 g/mol. The van der Waals surface area contributed by atoms with Crippen molar-refractivity contribution >= 4 is 28.8 Å². The Morgan fingerprint density at radius 2 is 1.88 bits per heavy atom. The van der Waals surface area contributed by atoms with E-state index in [0.29, 0.717) is 12.2 Å². The van der Waals surface area contributed by atoms with E-state index in [2.05, 4.69) is 10.1 Å². The van der Waals surface area contributed by atoms with Gasteiger partial charge in [0, 0.05) is 12.7 Å². The minimum atomic E-state index is -1.14. The average Bonchev–Trinajstić information content (AvgIpc) is 2.55. The lowest BCUT2D eigenvalue weighted by Crippen LogP contribution is -2.50. The van der Waals surface area contributed by atoms with Gasteiger partial charge >= 0.3 is 5.97 Å². The number of carbonyl (C=O) groups is 3. The Hall–Kier alpha value is -1.86. The molecule has 0 aliphatic carbocycles. The van der Waals surface area contributed by atoms with Crippen molar-refractivity contribution in [2.75, 3.05) is 12.9 Å². The summed E-state index contributed by atoms with van der Waals surface area (Å²) in [7, 11) is 1.19. The minimum Gasteiger partial charge on any atom is -0.467 e. The molecule has 2 N–H and O–H groups in total. The van der Waals surface area contributed by atoms with Crippen molar-refractivity contribution in [1.29, 1.82) is 0 Å². The Balaban J connectivity index is 2.85. The molecule has 1 unspecified atom stereocenters. The van der Waals surface area contributed by atoms with E-state index in [9.17, 15) is 19.5 Å². The monoisotopic (exact) mass is 353 g/mol. The van der Waals surface area contributed by atoms with Gasteiger partial charge in [-0.15, -0.1) is 0 Å². The highest BCUT2D eigenvalue weighted by molar-refractivity contribution is 8.13. The summed E-state index contributed by atoms with van der Waals surface area (Å²) < 4.78 is 4.60. The maximum Gasteiger partial charge on any atom is 0.331 e. The molecule has 0 heterocycles. The molecule has 0 saturated carbocycles. The van der Waals surface area contributed by atoms with Gasteiger partial charge < -0.3 is 15.2 Å². The van der Waals surface area contributed by atoms with Crippen LogP contribution in [0.15, 0.2) is 30.3 Å². The molecule has 0 saturated heterocycles. The quantitative estimate of drug-likeness (QED) is 0.682. The molecule has 24 heavy (non-hydrogen) atoms. The fraction of sp³-hybridized carbons (Fsp3) is 0.471. The molecule has 7 heteroatoms. The molecule has 1 aromatic rings. The number of hydrogen-bond donors (Lipinski definition) is 2. The summed E-state index contributed by atoms with van der Waals surface area (Å²) in [5.41, 5.74) is 0.952. The summed E-state index contributed by atoms with van der Waals surface area (Å²) in [6, 6.07) is 8.27. The van der Waals surface area contributed by atoms with E-state index in [1.54, 1.807) is 0 Å². The number of esters is 1. The van der Waals surface area contributed by atoms with E-state index in [0.717, 1.165) is 17.3 Å². The second-order valence-electron chi connectivity index (χ2n) is 5.44. The summed E-state index contributed by atoms with van der Waals surface area (Å²) in [5.74, 6) is -1.32. The number of aliphatic hydroxyl groups is 1. The molecule has 6 nitrogen and oxygen atoms in total. The third-order valence-corrected chi connectivity index (χ3v) is 4.39. The molecule has 0 radical (unpaired) electrons. The standard InChI is InChI=1S/C17H23NO5S/c1-11(19)15(17(22)23-3)18-16(21)14(10-24-12(2)20)9-13-7-5-4-6-8-13/h4-8,11,14-15,19H,9-10H2,1-3H3,(H,18,21)/t11-,14?,15+/m1/s1. The number of hydrogen-bond acceptors (Lipinski definition) is 6. The van der Waals surface area contributed by atoms with E-state index in [1.165, 1.54) is 21.0 Å². The molecule has 1 rings (SSSR count). The van der Waals surface area contributed by atoms with Crippen LogP contribution in [0.3, 0.4) is 0 Å². The molecule has 0 aliphatic rings. The van der Waals surface area contributed by atoms with Gasteiger partial charge in [0.1, 0.15) is 0 Å². The van der Waals surface area contributed by atoms with Crippen molar-refractivity contribution in [2.24, 2.45) is 5.92 Å². The van der Waals surface area contributed by atoms with Crippen LogP contribution in [0.4, 0.5) is 0 Å². The van der Waals surface area contributed by atoms with Gasteiger partial charge in [0.25, 0.3) is 0 Å². The van der Waals surface area contributed by atoms with Crippen molar-refractivity contribution in [3.63, 3.8) is 0 Å². The summed E-state index contributed by atoms with van der Waals surface area (Å²) in [5, 5.41) is 12.1. The van der Waals surface area contributed by atoms with Crippen LogP contribution in [0.1, 0.15) is 19.4 Å². The summed E-state index contributed by atoms with van der Waals surface area (Å²) in [4.78, 5) is 35.4. The first-order chi connectivity index (χ1) is 11.3. The predicted molar refractivity (Wildman–Crippen MR) is 92.4 cm³/mol. The first kappa shape index (κ1) is 20.2. The predicted octanol–water partition coefficient (Wildman–Crippen LogP) is 1.16.